The van der Waals surface area contributed by atoms with Crippen LogP contribution < -0.4 is 9.64 Å². The molecule has 0 radical (unpaired) electrons. The molecule has 1 fully saturated rings. The largest absolute Gasteiger partial charge is 0.492 e. The van der Waals surface area contributed by atoms with Crippen molar-refractivity contribution in [2.45, 2.75) is 13.5 Å². The maximum absolute atomic E-state index is 5.76. The number of nitrogens with zero attached hydrogens (tertiary/aromatic N) is 5. The second kappa shape index (κ2) is 8.18. The summed E-state index contributed by atoms with van der Waals surface area (Å²) in [5, 5.41) is 4.08. The van der Waals surface area contributed by atoms with Crippen LogP contribution in [0, 0.1) is 0 Å². The zero-order valence-corrected chi connectivity index (χ0v) is 15.4. The summed E-state index contributed by atoms with van der Waals surface area (Å²) in [5.74, 6) is 2.20. The van der Waals surface area contributed by atoms with Gasteiger partial charge in [0.2, 0.25) is 11.7 Å². The first kappa shape index (κ1) is 17.5. The molecule has 0 amide bonds. The third kappa shape index (κ3) is 4.09. The van der Waals surface area contributed by atoms with E-state index in [1.54, 1.807) is 12.4 Å². The van der Waals surface area contributed by atoms with E-state index in [0.717, 1.165) is 43.2 Å². The molecule has 0 atom stereocenters. The van der Waals surface area contributed by atoms with Gasteiger partial charge in [-0.2, -0.15) is 4.98 Å². The van der Waals surface area contributed by atoms with Crippen molar-refractivity contribution in [2.24, 2.45) is 0 Å². The van der Waals surface area contributed by atoms with E-state index < -0.39 is 0 Å². The van der Waals surface area contributed by atoms with Crippen molar-refractivity contribution >= 4 is 5.69 Å². The van der Waals surface area contributed by atoms with Crippen molar-refractivity contribution in [1.82, 2.24) is 20.0 Å². The fourth-order valence-corrected chi connectivity index (χ4v) is 3.27. The molecule has 27 heavy (non-hydrogen) atoms. The highest BCUT2D eigenvalue weighted by Crippen LogP contribution is 2.29. The molecule has 1 saturated heterocycles. The molecule has 3 heterocycles. The van der Waals surface area contributed by atoms with Gasteiger partial charge in [0, 0.05) is 44.1 Å². The SMILES string of the molecule is CCOc1ccccc1N1CCN(Cc2nc(-c3ccncc3)no2)CC1. The van der Waals surface area contributed by atoms with Crippen molar-refractivity contribution in [1.29, 1.82) is 0 Å². The highest BCUT2D eigenvalue weighted by atomic mass is 16.5. The van der Waals surface area contributed by atoms with E-state index in [1.807, 2.05) is 31.2 Å². The molecule has 0 N–H and O–H groups in total. The average molecular weight is 365 g/mol. The van der Waals surface area contributed by atoms with Crippen LogP contribution in [0.15, 0.2) is 53.3 Å². The van der Waals surface area contributed by atoms with Gasteiger partial charge < -0.3 is 14.2 Å². The average Bonchev–Trinajstić information content (AvgIpc) is 3.19. The van der Waals surface area contributed by atoms with Crippen molar-refractivity contribution in [2.75, 3.05) is 37.7 Å². The van der Waals surface area contributed by atoms with Crippen LogP contribution in [0.5, 0.6) is 5.75 Å². The van der Waals surface area contributed by atoms with E-state index in [1.165, 1.54) is 0 Å². The molecule has 140 valence electrons. The first-order valence-corrected chi connectivity index (χ1v) is 9.25. The van der Waals surface area contributed by atoms with Gasteiger partial charge in [-0.1, -0.05) is 17.3 Å². The minimum atomic E-state index is 0.608. The molecular formula is C20H23N5O2. The number of aromatic nitrogens is 3. The fraction of sp³-hybridized carbons (Fsp3) is 0.350. The quantitative estimate of drug-likeness (QED) is 0.665. The standard InChI is InChI=1S/C20H23N5O2/c1-2-26-18-6-4-3-5-17(18)25-13-11-24(12-14-25)15-19-22-20(23-27-19)16-7-9-21-10-8-16/h3-10H,2,11-15H2,1H3. The van der Waals surface area contributed by atoms with Gasteiger partial charge in [0.05, 0.1) is 18.8 Å². The van der Waals surface area contributed by atoms with Gasteiger partial charge >= 0.3 is 0 Å². The summed E-state index contributed by atoms with van der Waals surface area (Å²) in [7, 11) is 0. The molecule has 0 aliphatic carbocycles. The van der Waals surface area contributed by atoms with E-state index in [2.05, 4.69) is 37.1 Å². The fourth-order valence-electron chi connectivity index (χ4n) is 3.27. The minimum absolute atomic E-state index is 0.608. The Labute approximate surface area is 158 Å². The highest BCUT2D eigenvalue weighted by Gasteiger charge is 2.21. The Morgan fingerprint density at radius 3 is 2.59 bits per heavy atom. The number of hydrogen-bond acceptors (Lipinski definition) is 7. The molecule has 0 bridgehead atoms. The van der Waals surface area contributed by atoms with Crippen LogP contribution in [0.4, 0.5) is 5.69 Å². The number of anilines is 1. The lowest BCUT2D eigenvalue weighted by Gasteiger charge is -2.36. The van der Waals surface area contributed by atoms with E-state index in [9.17, 15) is 0 Å². The Balaban J connectivity index is 1.36. The first-order chi connectivity index (χ1) is 13.3. The maximum atomic E-state index is 5.76. The van der Waals surface area contributed by atoms with Crippen LogP contribution in [0.25, 0.3) is 11.4 Å². The highest BCUT2D eigenvalue weighted by molar-refractivity contribution is 5.58. The van der Waals surface area contributed by atoms with E-state index in [4.69, 9.17) is 9.26 Å². The van der Waals surface area contributed by atoms with Crippen LogP contribution in [-0.4, -0.2) is 52.8 Å². The Morgan fingerprint density at radius 2 is 1.81 bits per heavy atom. The molecule has 1 aromatic carbocycles. The molecule has 4 rings (SSSR count). The van der Waals surface area contributed by atoms with Gasteiger partial charge in [-0.25, -0.2) is 0 Å². The van der Waals surface area contributed by atoms with Crippen molar-refractivity contribution in [3.8, 4) is 17.1 Å². The number of benzene rings is 1. The lowest BCUT2D eigenvalue weighted by molar-refractivity contribution is 0.215. The molecule has 1 aliphatic rings. The topological polar surface area (TPSA) is 67.5 Å². The molecule has 7 nitrogen and oxygen atoms in total. The number of para-hydroxylation sites is 2. The number of ether oxygens (including phenoxy) is 1. The first-order valence-electron chi connectivity index (χ1n) is 9.25. The summed E-state index contributed by atoms with van der Waals surface area (Å²) in [5.41, 5.74) is 2.08. The van der Waals surface area contributed by atoms with E-state index >= 15 is 0 Å². The van der Waals surface area contributed by atoms with Crippen LogP contribution in [0.2, 0.25) is 0 Å². The van der Waals surface area contributed by atoms with Gasteiger partial charge in [-0.05, 0) is 31.2 Å². The van der Waals surface area contributed by atoms with Gasteiger partial charge in [-0.15, -0.1) is 0 Å². The lowest BCUT2D eigenvalue weighted by atomic mass is 10.2. The zero-order chi connectivity index (χ0) is 18.5. The zero-order valence-electron chi connectivity index (χ0n) is 15.4. The monoisotopic (exact) mass is 365 g/mol. The second-order valence-electron chi connectivity index (χ2n) is 6.41. The molecule has 0 saturated carbocycles. The molecule has 7 heteroatoms. The van der Waals surface area contributed by atoms with Crippen molar-refractivity contribution < 1.29 is 9.26 Å². The second-order valence-corrected chi connectivity index (χ2v) is 6.41. The smallest absolute Gasteiger partial charge is 0.241 e. The maximum Gasteiger partial charge on any atom is 0.241 e. The normalized spacial score (nSPS) is 15.1. The summed E-state index contributed by atoms with van der Waals surface area (Å²) < 4.78 is 11.2. The van der Waals surface area contributed by atoms with Gasteiger partial charge in [-0.3, -0.25) is 9.88 Å². The van der Waals surface area contributed by atoms with Crippen LogP contribution >= 0.6 is 0 Å². The molecule has 3 aromatic rings. The Morgan fingerprint density at radius 1 is 1.04 bits per heavy atom. The third-order valence-electron chi connectivity index (χ3n) is 4.64. The van der Waals surface area contributed by atoms with E-state index in [-0.39, 0.29) is 0 Å². The predicted molar refractivity (Wildman–Crippen MR) is 103 cm³/mol. The number of hydrogen-bond donors (Lipinski definition) is 0. The summed E-state index contributed by atoms with van der Waals surface area (Å²) >= 11 is 0. The number of rotatable bonds is 6. The minimum Gasteiger partial charge on any atom is -0.492 e. The molecule has 1 aliphatic heterocycles. The van der Waals surface area contributed by atoms with Gasteiger partial charge in [0.25, 0.3) is 0 Å². The summed E-state index contributed by atoms with van der Waals surface area (Å²) in [6.07, 6.45) is 3.45. The Bertz CT molecular complexity index is 860. The van der Waals surface area contributed by atoms with Gasteiger partial charge in [0.15, 0.2) is 0 Å². The van der Waals surface area contributed by atoms with Crippen LogP contribution in [0.1, 0.15) is 12.8 Å². The molecule has 2 aromatic heterocycles. The number of piperazine rings is 1. The van der Waals surface area contributed by atoms with E-state index in [0.29, 0.717) is 24.9 Å². The summed E-state index contributed by atoms with van der Waals surface area (Å²) in [4.78, 5) is 13.2. The van der Waals surface area contributed by atoms with Crippen molar-refractivity contribution in [3.05, 3.63) is 54.7 Å². The molecule has 0 unspecified atom stereocenters. The number of pyridine rings is 1. The van der Waals surface area contributed by atoms with Crippen LogP contribution in [0.3, 0.4) is 0 Å². The summed E-state index contributed by atoms with van der Waals surface area (Å²) in [6.45, 7) is 7.11. The summed E-state index contributed by atoms with van der Waals surface area (Å²) in [6, 6.07) is 12.0. The third-order valence-corrected chi connectivity index (χ3v) is 4.64. The predicted octanol–water partition coefficient (Wildman–Crippen LogP) is 2.85. The molecule has 0 spiro atoms. The van der Waals surface area contributed by atoms with Gasteiger partial charge in [0.1, 0.15) is 5.75 Å². The van der Waals surface area contributed by atoms with Crippen LogP contribution in [-0.2, 0) is 6.54 Å². The molecular weight excluding hydrogens is 342 g/mol. The lowest BCUT2D eigenvalue weighted by Crippen LogP contribution is -2.46. The van der Waals surface area contributed by atoms with Crippen molar-refractivity contribution in [3.63, 3.8) is 0 Å². The Hall–Kier alpha value is -2.93. The Kier molecular flexibility index (Phi) is 5.29.